The average molecular weight is 837 g/mol. The Balaban J connectivity index is 4.23. The standard InChI is InChI=1S/C51H97NO7/c1-6-8-10-12-14-16-18-20-22-24-26-28-30-32-34-36-38-40-42-50(54)59-47(45-57-44-43-48(51(55)56)52(3,4)5)46-58-49(53)41-39-37-35-33-31-29-27-25-23-21-19-17-15-13-11-9-7-2/h21,23,47-48H,6-20,22,24-46H2,1-5H3/p+1/b23-21+. The van der Waals surface area contributed by atoms with Crippen LogP contribution in [0.15, 0.2) is 12.2 Å². The summed E-state index contributed by atoms with van der Waals surface area (Å²) in [4.78, 5) is 37.1. The van der Waals surface area contributed by atoms with Crippen LogP contribution in [-0.2, 0) is 28.6 Å². The summed E-state index contributed by atoms with van der Waals surface area (Å²) in [5.74, 6) is -1.45. The highest BCUT2D eigenvalue weighted by atomic mass is 16.6. The summed E-state index contributed by atoms with van der Waals surface area (Å²) in [5, 5.41) is 9.64. The van der Waals surface area contributed by atoms with Gasteiger partial charge in [-0.3, -0.25) is 9.59 Å². The van der Waals surface area contributed by atoms with E-state index in [1.807, 2.05) is 21.1 Å². The molecule has 0 aliphatic rings. The van der Waals surface area contributed by atoms with Crippen molar-refractivity contribution in [1.29, 1.82) is 0 Å². The van der Waals surface area contributed by atoms with Gasteiger partial charge in [0.1, 0.15) is 6.61 Å². The molecule has 8 nitrogen and oxygen atoms in total. The molecule has 0 heterocycles. The zero-order valence-corrected chi connectivity index (χ0v) is 39.7. The van der Waals surface area contributed by atoms with Crippen LogP contribution in [0.5, 0.6) is 0 Å². The van der Waals surface area contributed by atoms with Crippen molar-refractivity contribution in [3.8, 4) is 0 Å². The summed E-state index contributed by atoms with van der Waals surface area (Å²) in [7, 11) is 5.54. The fourth-order valence-corrected chi connectivity index (χ4v) is 7.74. The molecule has 0 aromatic carbocycles. The van der Waals surface area contributed by atoms with Gasteiger partial charge in [-0.05, 0) is 38.5 Å². The number of hydrogen-bond acceptors (Lipinski definition) is 6. The number of carboxylic acids is 1. The van der Waals surface area contributed by atoms with Gasteiger partial charge in [0.25, 0.3) is 0 Å². The highest BCUT2D eigenvalue weighted by molar-refractivity contribution is 5.72. The number of allylic oxidation sites excluding steroid dienone is 2. The van der Waals surface area contributed by atoms with Crippen molar-refractivity contribution in [2.75, 3.05) is 41.0 Å². The minimum absolute atomic E-state index is 0.0468. The van der Waals surface area contributed by atoms with Crippen molar-refractivity contribution in [2.24, 2.45) is 0 Å². The lowest BCUT2D eigenvalue weighted by Gasteiger charge is -2.31. The van der Waals surface area contributed by atoms with E-state index in [0.717, 1.165) is 38.5 Å². The van der Waals surface area contributed by atoms with Gasteiger partial charge < -0.3 is 23.8 Å². The molecule has 8 heteroatoms. The molecule has 348 valence electrons. The predicted molar refractivity (Wildman–Crippen MR) is 248 cm³/mol. The number of hydrogen-bond donors (Lipinski definition) is 1. The van der Waals surface area contributed by atoms with Gasteiger partial charge in [-0.25, -0.2) is 4.79 Å². The van der Waals surface area contributed by atoms with Crippen molar-refractivity contribution in [3.63, 3.8) is 0 Å². The van der Waals surface area contributed by atoms with E-state index in [4.69, 9.17) is 14.2 Å². The van der Waals surface area contributed by atoms with Crippen LogP contribution >= 0.6 is 0 Å². The molecule has 0 aliphatic heterocycles. The monoisotopic (exact) mass is 837 g/mol. The average Bonchev–Trinajstić information content (AvgIpc) is 3.19. The normalized spacial score (nSPS) is 12.9. The van der Waals surface area contributed by atoms with Crippen LogP contribution in [0.25, 0.3) is 0 Å². The van der Waals surface area contributed by atoms with E-state index in [-0.39, 0.29) is 36.2 Å². The van der Waals surface area contributed by atoms with Crippen molar-refractivity contribution >= 4 is 17.9 Å². The van der Waals surface area contributed by atoms with E-state index in [1.54, 1.807) is 0 Å². The van der Waals surface area contributed by atoms with Crippen molar-refractivity contribution in [3.05, 3.63) is 12.2 Å². The summed E-state index contributed by atoms with van der Waals surface area (Å²) < 4.78 is 17.4. The van der Waals surface area contributed by atoms with Gasteiger partial charge in [-0.2, -0.15) is 0 Å². The molecule has 1 N–H and O–H groups in total. The topological polar surface area (TPSA) is 99.1 Å². The predicted octanol–water partition coefficient (Wildman–Crippen LogP) is 14.3. The number of nitrogens with zero attached hydrogens (tertiary/aromatic N) is 1. The van der Waals surface area contributed by atoms with Crippen LogP contribution in [0.3, 0.4) is 0 Å². The number of aliphatic carboxylic acids is 1. The highest BCUT2D eigenvalue weighted by Crippen LogP contribution is 2.16. The summed E-state index contributed by atoms with van der Waals surface area (Å²) in [6.07, 6.45) is 46.8. The van der Waals surface area contributed by atoms with E-state index in [0.29, 0.717) is 19.3 Å². The van der Waals surface area contributed by atoms with E-state index in [2.05, 4.69) is 26.0 Å². The first-order valence-electron chi connectivity index (χ1n) is 25.2. The molecule has 0 aromatic rings. The smallest absolute Gasteiger partial charge is 0.362 e. The van der Waals surface area contributed by atoms with Crippen LogP contribution in [0.1, 0.15) is 245 Å². The second kappa shape index (κ2) is 42.7. The van der Waals surface area contributed by atoms with Gasteiger partial charge >= 0.3 is 17.9 Å². The van der Waals surface area contributed by atoms with Crippen LogP contribution in [0.4, 0.5) is 0 Å². The Bertz CT molecular complexity index is 978. The van der Waals surface area contributed by atoms with Crippen LogP contribution in [0, 0.1) is 0 Å². The SMILES string of the molecule is CCCCCCCC/C=C/CCCCCCCCCC(=O)OCC(COCCC(C(=O)O)[N+](C)(C)C)OC(=O)CCCCCCCCCCCCCCCCCCCC. The second-order valence-electron chi connectivity index (χ2n) is 18.4. The van der Waals surface area contributed by atoms with E-state index in [1.165, 1.54) is 173 Å². The molecule has 0 aliphatic carbocycles. The molecule has 0 rings (SSSR count). The molecule has 2 unspecified atom stereocenters. The Labute approximate surface area is 365 Å². The zero-order chi connectivity index (χ0) is 43.5. The summed E-state index contributed by atoms with van der Waals surface area (Å²) >= 11 is 0. The molecule has 0 aromatic heterocycles. The molecule has 0 amide bonds. The Kier molecular flexibility index (Phi) is 41.3. The Hall–Kier alpha value is -1.93. The maximum absolute atomic E-state index is 12.8. The molecule has 59 heavy (non-hydrogen) atoms. The fraction of sp³-hybridized carbons (Fsp3) is 0.902. The number of esters is 2. The maximum atomic E-state index is 12.8. The molecule has 0 radical (unpaired) electrons. The minimum atomic E-state index is -0.871. The molecule has 0 fully saturated rings. The fourth-order valence-electron chi connectivity index (χ4n) is 7.74. The van der Waals surface area contributed by atoms with Gasteiger partial charge in [-0.1, -0.05) is 199 Å². The quantitative estimate of drug-likeness (QED) is 0.0282. The van der Waals surface area contributed by atoms with Crippen molar-refractivity contribution < 1.29 is 38.2 Å². The van der Waals surface area contributed by atoms with Gasteiger partial charge in [0.15, 0.2) is 12.1 Å². The molecule has 0 saturated carbocycles. The van der Waals surface area contributed by atoms with Crippen LogP contribution < -0.4 is 0 Å². The zero-order valence-electron chi connectivity index (χ0n) is 39.7. The van der Waals surface area contributed by atoms with Gasteiger partial charge in [0.2, 0.25) is 0 Å². The number of unbranched alkanes of at least 4 members (excludes halogenated alkanes) is 30. The van der Waals surface area contributed by atoms with Gasteiger partial charge in [0.05, 0.1) is 34.4 Å². The molecular formula is C51H98NO7+. The number of carbonyl (C=O) groups is 3. The number of likely N-dealkylation sites (N-methyl/N-ethyl adjacent to an activating group) is 1. The minimum Gasteiger partial charge on any atom is -0.477 e. The third-order valence-corrected chi connectivity index (χ3v) is 11.7. The van der Waals surface area contributed by atoms with Crippen molar-refractivity contribution in [1.82, 2.24) is 0 Å². The number of rotatable bonds is 46. The Morgan fingerprint density at radius 1 is 0.492 bits per heavy atom. The van der Waals surface area contributed by atoms with Crippen LogP contribution in [0.2, 0.25) is 0 Å². The highest BCUT2D eigenvalue weighted by Gasteiger charge is 2.31. The Morgan fingerprint density at radius 2 is 0.847 bits per heavy atom. The lowest BCUT2D eigenvalue weighted by atomic mass is 10.0. The van der Waals surface area contributed by atoms with E-state index >= 15 is 0 Å². The number of carboxylic acid groups (broad SMARTS) is 1. The third kappa shape index (κ3) is 41.2. The molecule has 0 saturated heterocycles. The molecular weight excluding hydrogens is 739 g/mol. The summed E-state index contributed by atoms with van der Waals surface area (Å²) in [5.41, 5.74) is 0. The third-order valence-electron chi connectivity index (χ3n) is 11.7. The summed E-state index contributed by atoms with van der Waals surface area (Å²) in [6, 6.07) is -0.611. The van der Waals surface area contributed by atoms with E-state index in [9.17, 15) is 19.5 Å². The number of quaternary nitrogens is 1. The maximum Gasteiger partial charge on any atom is 0.362 e. The number of carbonyl (C=O) groups excluding carboxylic acids is 2. The first-order valence-corrected chi connectivity index (χ1v) is 25.2. The van der Waals surface area contributed by atoms with Crippen molar-refractivity contribution in [2.45, 2.75) is 257 Å². The summed E-state index contributed by atoms with van der Waals surface area (Å²) in [6.45, 7) is 4.77. The molecule has 0 spiro atoms. The largest absolute Gasteiger partial charge is 0.477 e. The van der Waals surface area contributed by atoms with Crippen LogP contribution in [-0.4, -0.2) is 80.6 Å². The lowest BCUT2D eigenvalue weighted by Crippen LogP contribution is -2.50. The lowest BCUT2D eigenvalue weighted by molar-refractivity contribution is -0.887. The molecule has 0 bridgehead atoms. The first kappa shape index (κ1) is 57.1. The van der Waals surface area contributed by atoms with Gasteiger partial charge in [0, 0.05) is 19.3 Å². The Morgan fingerprint density at radius 3 is 1.22 bits per heavy atom. The van der Waals surface area contributed by atoms with Gasteiger partial charge in [-0.15, -0.1) is 0 Å². The second-order valence-corrected chi connectivity index (χ2v) is 18.4. The molecule has 2 atom stereocenters. The number of ether oxygens (including phenoxy) is 3. The van der Waals surface area contributed by atoms with E-state index < -0.39 is 18.1 Å². The first-order chi connectivity index (χ1) is 28.6.